The fourth-order valence-corrected chi connectivity index (χ4v) is 2.91. The molecule has 2 aromatic carbocycles. The molecule has 92 valence electrons. The van der Waals surface area contributed by atoms with Gasteiger partial charge in [-0.1, -0.05) is 60.1 Å². The largest absolute Gasteiger partial charge is 0.347 e. The van der Waals surface area contributed by atoms with Crippen LogP contribution in [-0.2, 0) is 11.1 Å². The van der Waals surface area contributed by atoms with Crippen LogP contribution in [0.5, 0.6) is 0 Å². The van der Waals surface area contributed by atoms with E-state index in [1.807, 2.05) is 13.8 Å². The van der Waals surface area contributed by atoms with E-state index in [0.29, 0.717) is 13.1 Å². The van der Waals surface area contributed by atoms with Crippen molar-refractivity contribution in [2.75, 3.05) is 0 Å². The van der Waals surface area contributed by atoms with Gasteiger partial charge in [0.05, 0.1) is 13.1 Å². The standard InChI is InChI=1S/C11H9BrIOP.C2H6/c12-10-6-2-4-8-3-1-5-9(11(8)10)7-14-15-13;1-2/h1-6,15H,7H2;1-2H3. The van der Waals surface area contributed by atoms with Crippen molar-refractivity contribution in [2.24, 2.45) is 0 Å². The molecule has 2 aromatic rings. The molecule has 0 radical (unpaired) electrons. The molecule has 0 saturated carbocycles. The molecule has 0 aliphatic heterocycles. The molecule has 0 heterocycles. The molecule has 0 spiro atoms. The first kappa shape index (κ1) is 15.4. The third-order valence-corrected chi connectivity index (χ3v) is 4.07. The Morgan fingerprint density at radius 3 is 2.47 bits per heavy atom. The van der Waals surface area contributed by atoms with Crippen LogP contribution in [0.4, 0.5) is 0 Å². The van der Waals surface area contributed by atoms with Crippen molar-refractivity contribution in [3.8, 4) is 0 Å². The second-order valence-electron chi connectivity index (χ2n) is 3.12. The summed E-state index contributed by atoms with van der Waals surface area (Å²) in [5, 5.41) is 2.51. The Morgan fingerprint density at radius 1 is 1.18 bits per heavy atom. The molecular formula is C13H15BrIOP. The van der Waals surface area contributed by atoms with Gasteiger partial charge in [-0.15, -0.1) is 0 Å². The van der Waals surface area contributed by atoms with E-state index in [0.717, 1.165) is 4.47 Å². The van der Waals surface area contributed by atoms with Crippen molar-refractivity contribution in [2.45, 2.75) is 20.5 Å². The number of rotatable bonds is 3. The molecule has 0 saturated heterocycles. The smallest absolute Gasteiger partial charge is 0.0798 e. The second kappa shape index (κ2) is 8.41. The Balaban J connectivity index is 0.000000686. The summed E-state index contributed by atoms with van der Waals surface area (Å²) in [7, 11) is 0. The number of hydrogen-bond donors (Lipinski definition) is 0. The Morgan fingerprint density at radius 2 is 1.82 bits per heavy atom. The van der Waals surface area contributed by atoms with Gasteiger partial charge in [0.15, 0.2) is 0 Å². The van der Waals surface area contributed by atoms with Crippen LogP contribution in [0.3, 0.4) is 0 Å². The van der Waals surface area contributed by atoms with Crippen LogP contribution in [0.25, 0.3) is 10.8 Å². The summed E-state index contributed by atoms with van der Waals surface area (Å²) in [6.45, 7) is 5.19. The fraction of sp³-hybridized carbons (Fsp3) is 0.231. The molecule has 0 amide bonds. The van der Waals surface area contributed by atoms with Gasteiger partial charge in [0.1, 0.15) is 0 Å². The van der Waals surface area contributed by atoms with Crippen molar-refractivity contribution >= 4 is 55.2 Å². The molecule has 4 heteroatoms. The predicted octanol–water partition coefficient (Wildman–Crippen LogP) is 6.09. The minimum atomic E-state index is 0.506. The van der Waals surface area contributed by atoms with Crippen LogP contribution < -0.4 is 0 Å². The monoisotopic (exact) mass is 424 g/mol. The van der Waals surface area contributed by atoms with Crippen LogP contribution in [0.2, 0.25) is 0 Å². The zero-order valence-corrected chi connectivity index (χ0v) is 14.6. The lowest BCUT2D eigenvalue weighted by molar-refractivity contribution is 0.362. The highest BCUT2D eigenvalue weighted by Gasteiger charge is 2.03. The van der Waals surface area contributed by atoms with Crippen molar-refractivity contribution in [3.05, 3.63) is 46.4 Å². The lowest BCUT2D eigenvalue weighted by atomic mass is 10.1. The van der Waals surface area contributed by atoms with Gasteiger partial charge >= 0.3 is 0 Å². The maximum atomic E-state index is 5.48. The molecule has 0 aliphatic rings. The summed E-state index contributed by atoms with van der Waals surface area (Å²) in [5.74, 6) is 0. The van der Waals surface area contributed by atoms with Gasteiger partial charge in [-0.3, -0.25) is 0 Å². The average Bonchev–Trinajstić information content (AvgIpc) is 2.39. The third kappa shape index (κ3) is 4.16. The first-order valence-electron chi connectivity index (χ1n) is 5.46. The number of benzene rings is 2. The van der Waals surface area contributed by atoms with Gasteiger partial charge in [-0.2, -0.15) is 0 Å². The van der Waals surface area contributed by atoms with Crippen LogP contribution in [0.15, 0.2) is 40.9 Å². The van der Waals surface area contributed by atoms with Gasteiger partial charge in [0, 0.05) is 9.86 Å². The van der Waals surface area contributed by atoms with Crippen molar-refractivity contribution in [3.63, 3.8) is 0 Å². The molecule has 0 N–H and O–H groups in total. The number of halogens is 2. The van der Waals surface area contributed by atoms with E-state index in [4.69, 9.17) is 4.52 Å². The summed E-state index contributed by atoms with van der Waals surface area (Å²) in [4.78, 5) is 0. The third-order valence-electron chi connectivity index (χ3n) is 2.22. The number of fused-ring (bicyclic) bond motifs is 1. The summed E-state index contributed by atoms with van der Waals surface area (Å²) < 4.78 is 6.61. The van der Waals surface area contributed by atoms with Crippen LogP contribution >= 0.6 is 44.4 Å². The van der Waals surface area contributed by atoms with Crippen molar-refractivity contribution < 1.29 is 4.52 Å². The molecule has 17 heavy (non-hydrogen) atoms. The predicted molar refractivity (Wildman–Crippen MR) is 90.1 cm³/mol. The van der Waals surface area contributed by atoms with Crippen molar-refractivity contribution in [1.82, 2.24) is 0 Å². The van der Waals surface area contributed by atoms with Gasteiger partial charge in [-0.25, -0.2) is 0 Å². The fourth-order valence-electron chi connectivity index (χ4n) is 1.60. The van der Waals surface area contributed by atoms with Crippen molar-refractivity contribution in [1.29, 1.82) is 0 Å². The van der Waals surface area contributed by atoms with E-state index in [-0.39, 0.29) is 0 Å². The lowest BCUT2D eigenvalue weighted by Gasteiger charge is -2.07. The van der Waals surface area contributed by atoms with Crippen LogP contribution in [0.1, 0.15) is 19.4 Å². The Labute approximate surface area is 126 Å². The molecule has 1 atom stereocenters. The Hall–Kier alpha value is 0.300. The first-order valence-corrected chi connectivity index (χ1v) is 10.3. The molecule has 1 unspecified atom stereocenters. The molecule has 0 bridgehead atoms. The van der Waals surface area contributed by atoms with E-state index in [2.05, 4.69) is 74.4 Å². The molecule has 1 nitrogen and oxygen atoms in total. The van der Waals surface area contributed by atoms with Gasteiger partial charge in [0.25, 0.3) is 0 Å². The zero-order valence-electron chi connectivity index (χ0n) is 9.84. The summed E-state index contributed by atoms with van der Waals surface area (Å²) in [6.07, 6.45) is 0. The van der Waals surface area contributed by atoms with Gasteiger partial charge in [-0.05, 0) is 39.1 Å². The van der Waals surface area contributed by atoms with Crippen LogP contribution in [-0.4, -0.2) is 0 Å². The molecule has 0 fully saturated rings. The van der Waals surface area contributed by atoms with Crippen LogP contribution in [0, 0.1) is 0 Å². The highest BCUT2D eigenvalue weighted by molar-refractivity contribution is 14.2. The quantitative estimate of drug-likeness (QED) is 0.428. The minimum absolute atomic E-state index is 0.506. The summed E-state index contributed by atoms with van der Waals surface area (Å²) in [6, 6.07) is 12.6. The summed E-state index contributed by atoms with van der Waals surface area (Å²) in [5.41, 5.74) is 1.24. The topological polar surface area (TPSA) is 9.23 Å². The zero-order chi connectivity index (χ0) is 12.7. The van der Waals surface area contributed by atoms with E-state index < -0.39 is 0 Å². The van der Waals surface area contributed by atoms with E-state index >= 15 is 0 Å². The second-order valence-corrected chi connectivity index (χ2v) is 5.74. The molecule has 0 aromatic heterocycles. The normalized spacial score (nSPS) is 10.6. The maximum absolute atomic E-state index is 5.48. The van der Waals surface area contributed by atoms with Gasteiger partial charge in [0.2, 0.25) is 0 Å². The Bertz CT molecular complexity index is 471. The maximum Gasteiger partial charge on any atom is 0.0798 e. The van der Waals surface area contributed by atoms with E-state index in [1.54, 1.807) is 0 Å². The summed E-state index contributed by atoms with van der Waals surface area (Å²) >= 11 is 5.82. The van der Waals surface area contributed by atoms with Gasteiger partial charge < -0.3 is 4.52 Å². The van der Waals surface area contributed by atoms with E-state index in [9.17, 15) is 0 Å². The molecule has 2 rings (SSSR count). The first-order chi connectivity index (χ1) is 8.33. The molecular weight excluding hydrogens is 410 g/mol. The average molecular weight is 425 g/mol. The highest BCUT2D eigenvalue weighted by atomic mass is 127. The number of hydrogen-bond acceptors (Lipinski definition) is 1. The molecule has 0 aliphatic carbocycles. The Kier molecular flexibility index (Phi) is 7.60. The minimum Gasteiger partial charge on any atom is -0.347 e. The lowest BCUT2D eigenvalue weighted by Crippen LogP contribution is -1.87. The van der Waals surface area contributed by atoms with E-state index in [1.165, 1.54) is 16.3 Å². The SMILES string of the molecule is Brc1cccc2cccc(COPI)c12.CC. The highest BCUT2D eigenvalue weighted by Crippen LogP contribution is 2.30.